The van der Waals surface area contributed by atoms with Gasteiger partial charge in [0.05, 0.1) is 11.2 Å². The number of benzene rings is 5. The second-order valence-corrected chi connectivity index (χ2v) is 12.6. The van der Waals surface area contributed by atoms with Gasteiger partial charge < -0.3 is 14.3 Å². The maximum Gasteiger partial charge on any atom is 0.170 e. The number of hydrogen-bond acceptors (Lipinski definition) is 4. The summed E-state index contributed by atoms with van der Waals surface area (Å²) in [5.74, 6) is 2.01. The molecule has 228 valence electrons. The third-order valence-electron chi connectivity index (χ3n) is 9.80. The van der Waals surface area contributed by atoms with Crippen LogP contribution < -0.4 is 5.32 Å². The molecular formula is C43H30N4O. The number of amidine groups is 2. The van der Waals surface area contributed by atoms with Crippen LogP contribution >= 0.6 is 0 Å². The fourth-order valence-electron chi connectivity index (χ4n) is 7.56. The van der Waals surface area contributed by atoms with Crippen molar-refractivity contribution in [3.8, 4) is 5.69 Å². The van der Waals surface area contributed by atoms with Crippen LogP contribution in [-0.2, 0) is 6.42 Å². The van der Waals surface area contributed by atoms with E-state index < -0.39 is 6.17 Å². The van der Waals surface area contributed by atoms with Gasteiger partial charge >= 0.3 is 0 Å². The zero-order valence-corrected chi connectivity index (χ0v) is 26.0. The molecule has 0 saturated heterocycles. The highest BCUT2D eigenvalue weighted by molar-refractivity contribution is 6.16. The summed E-state index contributed by atoms with van der Waals surface area (Å²) in [5.41, 5.74) is 11.0. The van der Waals surface area contributed by atoms with Crippen molar-refractivity contribution in [2.45, 2.75) is 12.6 Å². The molecule has 1 unspecified atom stereocenters. The minimum atomic E-state index is -0.446. The highest BCUT2D eigenvalue weighted by Gasteiger charge is 2.27. The van der Waals surface area contributed by atoms with Gasteiger partial charge in [-0.15, -0.1) is 0 Å². The average Bonchev–Trinajstić information content (AvgIpc) is 3.69. The van der Waals surface area contributed by atoms with E-state index in [9.17, 15) is 0 Å². The molecule has 5 heteroatoms. The van der Waals surface area contributed by atoms with Crippen molar-refractivity contribution in [1.29, 1.82) is 0 Å². The Morgan fingerprint density at radius 2 is 1.44 bits per heavy atom. The van der Waals surface area contributed by atoms with Crippen molar-refractivity contribution in [2.75, 3.05) is 0 Å². The van der Waals surface area contributed by atoms with E-state index in [1.165, 1.54) is 27.7 Å². The van der Waals surface area contributed by atoms with Gasteiger partial charge in [0.25, 0.3) is 0 Å². The predicted octanol–water partition coefficient (Wildman–Crippen LogP) is 9.71. The zero-order chi connectivity index (χ0) is 31.6. The Labute approximate surface area is 277 Å². The lowest BCUT2D eigenvalue weighted by molar-refractivity contribution is 0.667. The number of allylic oxidation sites excluding steroid dienone is 5. The van der Waals surface area contributed by atoms with Gasteiger partial charge in [0.1, 0.15) is 22.8 Å². The molecular weight excluding hydrogens is 589 g/mol. The molecule has 3 heterocycles. The number of aliphatic imine (C=N–C) groups is 2. The van der Waals surface area contributed by atoms with Gasteiger partial charge in [0.2, 0.25) is 0 Å². The average molecular weight is 619 g/mol. The van der Waals surface area contributed by atoms with Crippen LogP contribution in [-0.4, -0.2) is 16.2 Å². The molecule has 2 aliphatic carbocycles. The summed E-state index contributed by atoms with van der Waals surface area (Å²) in [5, 5.41) is 6.91. The predicted molar refractivity (Wildman–Crippen MR) is 196 cm³/mol. The Hall–Kier alpha value is -6.20. The molecule has 10 rings (SSSR count). The van der Waals surface area contributed by atoms with Crippen LogP contribution in [0, 0.1) is 5.92 Å². The Morgan fingerprint density at radius 1 is 0.688 bits per heavy atom. The van der Waals surface area contributed by atoms with Gasteiger partial charge in [-0.1, -0.05) is 115 Å². The van der Waals surface area contributed by atoms with E-state index in [0.717, 1.165) is 62.4 Å². The molecule has 0 radical (unpaired) electrons. The summed E-state index contributed by atoms with van der Waals surface area (Å²) in [6.07, 6.45) is 11.8. The smallest absolute Gasteiger partial charge is 0.170 e. The molecule has 2 aromatic heterocycles. The topological polar surface area (TPSA) is 54.8 Å². The van der Waals surface area contributed by atoms with Gasteiger partial charge in [0.15, 0.2) is 6.17 Å². The summed E-state index contributed by atoms with van der Waals surface area (Å²) in [7, 11) is 0. The van der Waals surface area contributed by atoms with Crippen molar-refractivity contribution >= 4 is 50.6 Å². The molecule has 1 aliphatic heterocycles. The maximum absolute atomic E-state index is 6.63. The van der Waals surface area contributed by atoms with E-state index in [1.807, 2.05) is 48.5 Å². The van der Waals surface area contributed by atoms with Gasteiger partial charge in [-0.2, -0.15) is 0 Å². The van der Waals surface area contributed by atoms with E-state index >= 15 is 0 Å². The first-order chi connectivity index (χ1) is 23.8. The normalized spacial score (nSPS) is 17.2. The summed E-state index contributed by atoms with van der Waals surface area (Å²) in [6, 6.07) is 42.1. The van der Waals surface area contributed by atoms with Crippen LogP contribution in [0.4, 0.5) is 0 Å². The van der Waals surface area contributed by atoms with Crippen molar-refractivity contribution in [1.82, 2.24) is 9.88 Å². The van der Waals surface area contributed by atoms with Crippen molar-refractivity contribution in [2.24, 2.45) is 15.9 Å². The Bertz CT molecular complexity index is 2510. The molecule has 0 saturated carbocycles. The molecule has 1 atom stereocenters. The lowest BCUT2D eigenvalue weighted by Crippen LogP contribution is -2.36. The molecule has 7 aromatic rings. The number of fused-ring (bicyclic) bond motifs is 7. The first-order valence-electron chi connectivity index (χ1n) is 16.5. The number of nitrogens with one attached hydrogen (secondary N) is 1. The monoisotopic (exact) mass is 618 g/mol. The highest BCUT2D eigenvalue weighted by atomic mass is 16.3. The summed E-state index contributed by atoms with van der Waals surface area (Å²) >= 11 is 0. The molecule has 0 spiro atoms. The summed E-state index contributed by atoms with van der Waals surface area (Å²) in [4.78, 5) is 10.3. The van der Waals surface area contributed by atoms with Gasteiger partial charge in [-0.05, 0) is 47.9 Å². The fraction of sp³-hybridized carbons (Fsp3) is 0.0698. The van der Waals surface area contributed by atoms with Gasteiger partial charge in [-0.25, -0.2) is 9.98 Å². The summed E-state index contributed by atoms with van der Waals surface area (Å²) < 4.78 is 9.02. The van der Waals surface area contributed by atoms with E-state index in [1.54, 1.807) is 0 Å². The van der Waals surface area contributed by atoms with Crippen molar-refractivity contribution < 1.29 is 4.42 Å². The second-order valence-electron chi connectivity index (χ2n) is 12.6. The number of nitrogens with zero attached hydrogens (tertiary/aromatic N) is 3. The number of para-hydroxylation sites is 1. The Morgan fingerprint density at radius 3 is 2.23 bits per heavy atom. The molecule has 0 amide bonds. The van der Waals surface area contributed by atoms with E-state index in [2.05, 4.69) is 113 Å². The quantitative estimate of drug-likeness (QED) is 0.214. The van der Waals surface area contributed by atoms with Crippen LogP contribution in [0.25, 0.3) is 44.6 Å². The Kier molecular flexibility index (Phi) is 6.00. The molecule has 0 bridgehead atoms. The zero-order valence-electron chi connectivity index (χ0n) is 26.0. The molecule has 0 fully saturated rings. The van der Waals surface area contributed by atoms with Crippen molar-refractivity contribution in [3.05, 3.63) is 179 Å². The highest BCUT2D eigenvalue weighted by Crippen LogP contribution is 2.42. The van der Waals surface area contributed by atoms with Crippen molar-refractivity contribution in [3.63, 3.8) is 0 Å². The lowest BCUT2D eigenvalue weighted by Gasteiger charge is -2.23. The standard InChI is InChI=1S/C43H30N4O/c1-3-12-27(13-4-1)41-44-42(28-14-5-2-6-15-28)46-43(45-41)34-19-11-21-38-40(34)33-23-22-31(26-39(33)48-38)47-36-20-10-9-18-32(36)35-24-29-16-7-8-17-30(29)25-37(35)47/h1-23,25-26,29,43H,24H2,(H,44,45,46). The van der Waals surface area contributed by atoms with E-state index in [0.29, 0.717) is 5.92 Å². The SMILES string of the molecule is C1=CC2=Cc3c(c4ccccc4n3-c3ccc4c(c3)oc3cccc(C5N=C(c6ccccc6)NC(c6ccccc6)=N5)c34)CC2C=C1. The third kappa shape index (κ3) is 4.25. The Balaban J connectivity index is 1.14. The van der Waals surface area contributed by atoms with E-state index in [4.69, 9.17) is 14.4 Å². The largest absolute Gasteiger partial charge is 0.456 e. The van der Waals surface area contributed by atoms with Crippen LogP contribution in [0.3, 0.4) is 0 Å². The maximum atomic E-state index is 6.63. The number of hydrogen-bond donors (Lipinski definition) is 1. The van der Waals surface area contributed by atoms with Crippen LogP contribution in [0.5, 0.6) is 0 Å². The van der Waals surface area contributed by atoms with Crippen LogP contribution in [0.15, 0.2) is 166 Å². The third-order valence-corrected chi connectivity index (χ3v) is 9.80. The van der Waals surface area contributed by atoms with E-state index in [-0.39, 0.29) is 0 Å². The van der Waals surface area contributed by atoms with Gasteiger partial charge in [0, 0.05) is 50.5 Å². The number of rotatable bonds is 4. The molecule has 3 aliphatic rings. The number of furan rings is 1. The summed E-state index contributed by atoms with van der Waals surface area (Å²) in [6.45, 7) is 0. The first kappa shape index (κ1) is 27.0. The first-order valence-corrected chi connectivity index (χ1v) is 16.5. The van der Waals surface area contributed by atoms with Gasteiger partial charge in [-0.3, -0.25) is 0 Å². The minimum Gasteiger partial charge on any atom is -0.456 e. The minimum absolute atomic E-state index is 0.420. The van der Waals surface area contributed by atoms with Crippen LogP contribution in [0.1, 0.15) is 34.1 Å². The molecule has 5 aromatic carbocycles. The molecule has 5 nitrogen and oxygen atoms in total. The molecule has 1 N–H and O–H groups in total. The fourth-order valence-corrected chi connectivity index (χ4v) is 7.56. The molecule has 48 heavy (non-hydrogen) atoms. The second kappa shape index (κ2) is 10.7. The lowest BCUT2D eigenvalue weighted by atomic mass is 9.83. The van der Waals surface area contributed by atoms with Crippen LogP contribution in [0.2, 0.25) is 0 Å². The number of aromatic nitrogens is 1.